The zero-order chi connectivity index (χ0) is 12.3. The van der Waals surface area contributed by atoms with Crippen LogP contribution in [0.2, 0.25) is 0 Å². The smallest absolute Gasteiger partial charge is 0.132 e. The number of benzene rings is 1. The normalized spacial score (nSPS) is 14.8. The van der Waals surface area contributed by atoms with Gasteiger partial charge in [-0.25, -0.2) is 0 Å². The van der Waals surface area contributed by atoms with Crippen molar-refractivity contribution in [2.45, 2.75) is 29.4 Å². The molecular formula is C13H19NO2S. The average molecular weight is 254 g/mol. The molecule has 0 bridgehead atoms. The van der Waals surface area contributed by atoms with Gasteiger partial charge in [-0.05, 0) is 43.5 Å². The molecule has 0 saturated heterocycles. The molecule has 1 aromatic carbocycles. The lowest BCUT2D eigenvalue weighted by molar-refractivity contribution is 0.390. The number of hydrogen-bond acceptors (Lipinski definition) is 4. The van der Waals surface area contributed by atoms with Crippen LogP contribution in [0, 0.1) is 0 Å². The van der Waals surface area contributed by atoms with Gasteiger partial charge in [-0.2, -0.15) is 0 Å². The second-order valence-electron chi connectivity index (χ2n) is 4.17. The molecule has 0 spiro atoms. The molecule has 0 unspecified atom stereocenters. The fraction of sp³-hybridized carbons (Fsp3) is 0.538. The summed E-state index contributed by atoms with van der Waals surface area (Å²) in [4.78, 5) is 1.17. The van der Waals surface area contributed by atoms with Gasteiger partial charge in [0, 0.05) is 5.25 Å². The number of rotatable bonds is 6. The Morgan fingerprint density at radius 1 is 1.24 bits per heavy atom. The van der Waals surface area contributed by atoms with E-state index in [4.69, 9.17) is 15.2 Å². The zero-order valence-electron chi connectivity index (χ0n) is 10.4. The van der Waals surface area contributed by atoms with E-state index in [1.807, 2.05) is 11.8 Å². The summed E-state index contributed by atoms with van der Waals surface area (Å²) in [6, 6.07) is 4.13. The standard InChI is InChI=1S/C13H19NO2S/c1-15-11-8-13(17-10-3-4-10)12(16-2)7-9(11)5-6-14/h7-8,10H,3-6,14H2,1-2H3/i7+1. The first kappa shape index (κ1) is 12.6. The highest BCUT2D eigenvalue weighted by Crippen LogP contribution is 2.44. The fourth-order valence-corrected chi connectivity index (χ4v) is 2.91. The van der Waals surface area contributed by atoms with Crippen LogP contribution in [0.25, 0.3) is 0 Å². The predicted molar refractivity (Wildman–Crippen MR) is 71.2 cm³/mol. The van der Waals surface area contributed by atoms with Crippen LogP contribution in [-0.2, 0) is 6.42 Å². The molecular weight excluding hydrogens is 235 g/mol. The molecule has 1 saturated carbocycles. The number of thioether (sulfide) groups is 1. The summed E-state index contributed by atoms with van der Waals surface area (Å²) >= 11 is 1.88. The third kappa shape index (κ3) is 3.07. The highest BCUT2D eigenvalue weighted by atomic mass is 32.2. The van der Waals surface area contributed by atoms with Crippen molar-refractivity contribution in [3.63, 3.8) is 0 Å². The van der Waals surface area contributed by atoms with Crippen molar-refractivity contribution in [1.29, 1.82) is 0 Å². The van der Waals surface area contributed by atoms with Crippen LogP contribution >= 0.6 is 11.8 Å². The van der Waals surface area contributed by atoms with E-state index in [9.17, 15) is 0 Å². The van der Waals surface area contributed by atoms with Gasteiger partial charge in [-0.15, -0.1) is 11.8 Å². The van der Waals surface area contributed by atoms with Gasteiger partial charge in [0.15, 0.2) is 0 Å². The van der Waals surface area contributed by atoms with E-state index in [1.165, 1.54) is 17.7 Å². The lowest BCUT2D eigenvalue weighted by Crippen LogP contribution is -2.05. The van der Waals surface area contributed by atoms with E-state index >= 15 is 0 Å². The fourth-order valence-electron chi connectivity index (χ4n) is 1.74. The molecule has 2 rings (SSSR count). The third-order valence-corrected chi connectivity index (χ3v) is 4.18. The molecule has 4 heteroatoms. The molecule has 1 aliphatic carbocycles. The Morgan fingerprint density at radius 3 is 2.47 bits per heavy atom. The first-order chi connectivity index (χ1) is 8.28. The first-order valence-electron chi connectivity index (χ1n) is 5.90. The summed E-state index contributed by atoms with van der Waals surface area (Å²) in [6.45, 7) is 0.620. The lowest BCUT2D eigenvalue weighted by atomic mass is 10.2. The van der Waals surface area contributed by atoms with Gasteiger partial charge in [-0.3, -0.25) is 0 Å². The van der Waals surface area contributed by atoms with E-state index < -0.39 is 0 Å². The molecule has 94 valence electrons. The van der Waals surface area contributed by atoms with Crippen molar-refractivity contribution < 1.29 is 9.47 Å². The Hall–Kier alpha value is -0.870. The highest BCUT2D eigenvalue weighted by molar-refractivity contribution is 8.00. The molecule has 1 aliphatic rings. The largest absolute Gasteiger partial charge is 0.496 e. The molecule has 3 nitrogen and oxygen atoms in total. The maximum Gasteiger partial charge on any atom is 0.132 e. The van der Waals surface area contributed by atoms with Crippen LogP contribution < -0.4 is 15.2 Å². The summed E-state index contributed by atoms with van der Waals surface area (Å²) in [6.07, 6.45) is 3.43. The Labute approximate surface area is 107 Å². The van der Waals surface area contributed by atoms with Gasteiger partial charge in [0.2, 0.25) is 0 Å². The Kier molecular flexibility index (Phi) is 4.18. The van der Waals surface area contributed by atoms with Gasteiger partial charge >= 0.3 is 0 Å². The number of methoxy groups -OCH3 is 2. The predicted octanol–water partition coefficient (Wildman–Crippen LogP) is 2.46. The van der Waals surface area contributed by atoms with Crippen LogP contribution in [0.1, 0.15) is 18.4 Å². The molecule has 0 amide bonds. The minimum atomic E-state index is 0.620. The summed E-state index contributed by atoms with van der Waals surface area (Å²) in [7, 11) is 3.42. The lowest BCUT2D eigenvalue weighted by Gasteiger charge is -2.14. The molecule has 0 aromatic heterocycles. The molecule has 0 atom stereocenters. The number of hydrogen-bond donors (Lipinski definition) is 1. The second-order valence-corrected chi connectivity index (χ2v) is 5.51. The van der Waals surface area contributed by atoms with Crippen LogP contribution in [0.4, 0.5) is 0 Å². The zero-order valence-corrected chi connectivity index (χ0v) is 11.2. The van der Waals surface area contributed by atoms with Gasteiger partial charge in [0.05, 0.1) is 19.1 Å². The van der Waals surface area contributed by atoms with Crippen molar-refractivity contribution in [2.75, 3.05) is 20.8 Å². The van der Waals surface area contributed by atoms with Crippen LogP contribution in [0.15, 0.2) is 17.0 Å². The van der Waals surface area contributed by atoms with Crippen LogP contribution in [0.3, 0.4) is 0 Å². The SMILES string of the molecule is COc1cc(SC2CC2)c(OC)[13cH]c1CCN. The van der Waals surface area contributed by atoms with Crippen molar-refractivity contribution in [2.24, 2.45) is 5.73 Å². The maximum absolute atomic E-state index is 5.60. The van der Waals surface area contributed by atoms with Gasteiger partial charge < -0.3 is 15.2 Å². The van der Waals surface area contributed by atoms with Crippen LogP contribution in [-0.4, -0.2) is 26.0 Å². The molecule has 0 aliphatic heterocycles. The molecule has 0 radical (unpaired) electrons. The minimum Gasteiger partial charge on any atom is -0.496 e. The minimum absolute atomic E-state index is 0.620. The Morgan fingerprint density at radius 2 is 1.94 bits per heavy atom. The van der Waals surface area contributed by atoms with E-state index in [1.54, 1.807) is 14.2 Å². The maximum atomic E-state index is 5.60. The van der Waals surface area contributed by atoms with Gasteiger partial charge in [-0.1, -0.05) is 0 Å². The van der Waals surface area contributed by atoms with Crippen molar-refractivity contribution in [3.05, 3.63) is 17.7 Å². The van der Waals surface area contributed by atoms with Gasteiger partial charge in [0.25, 0.3) is 0 Å². The third-order valence-electron chi connectivity index (χ3n) is 2.80. The summed E-state index contributed by atoms with van der Waals surface area (Å²) in [5.74, 6) is 1.85. The van der Waals surface area contributed by atoms with Crippen molar-refractivity contribution >= 4 is 11.8 Å². The monoisotopic (exact) mass is 254 g/mol. The summed E-state index contributed by atoms with van der Waals surface area (Å²) in [5.41, 5.74) is 6.72. The molecule has 1 aromatic rings. The quantitative estimate of drug-likeness (QED) is 0.847. The first-order valence-corrected chi connectivity index (χ1v) is 6.78. The van der Waals surface area contributed by atoms with E-state index in [0.717, 1.165) is 28.7 Å². The average Bonchev–Trinajstić information content (AvgIpc) is 3.14. The second kappa shape index (κ2) is 5.65. The van der Waals surface area contributed by atoms with Crippen molar-refractivity contribution in [3.8, 4) is 11.5 Å². The van der Waals surface area contributed by atoms with E-state index in [0.29, 0.717) is 6.54 Å². The summed E-state index contributed by atoms with van der Waals surface area (Å²) < 4.78 is 10.9. The Bertz CT molecular complexity index is 391. The Balaban J connectivity index is 2.29. The number of ether oxygens (including phenoxy) is 2. The topological polar surface area (TPSA) is 44.5 Å². The molecule has 0 heterocycles. The highest BCUT2D eigenvalue weighted by Gasteiger charge is 2.24. The molecule has 17 heavy (non-hydrogen) atoms. The summed E-state index contributed by atoms with van der Waals surface area (Å²) in [5, 5.41) is 0.758. The molecule has 1 fully saturated rings. The van der Waals surface area contributed by atoms with Gasteiger partial charge in [0.1, 0.15) is 11.5 Å². The molecule has 2 N–H and O–H groups in total. The van der Waals surface area contributed by atoms with E-state index in [-0.39, 0.29) is 0 Å². The van der Waals surface area contributed by atoms with Crippen molar-refractivity contribution in [1.82, 2.24) is 0 Å². The number of nitrogens with two attached hydrogens (primary N) is 1. The van der Waals surface area contributed by atoms with E-state index in [2.05, 4.69) is 12.1 Å². The van der Waals surface area contributed by atoms with Crippen LogP contribution in [0.5, 0.6) is 11.5 Å².